The highest BCUT2D eigenvalue weighted by Crippen LogP contribution is 2.49. The summed E-state index contributed by atoms with van der Waals surface area (Å²) in [4.78, 5) is 18.5. The topological polar surface area (TPSA) is 74.6 Å². The first-order chi connectivity index (χ1) is 24.8. The van der Waals surface area contributed by atoms with Crippen molar-refractivity contribution in [1.29, 1.82) is 0 Å². The van der Waals surface area contributed by atoms with Crippen LogP contribution in [0.15, 0.2) is 46.1 Å². The van der Waals surface area contributed by atoms with Crippen LogP contribution in [0.2, 0.25) is 0 Å². The van der Waals surface area contributed by atoms with Crippen molar-refractivity contribution in [1.82, 2.24) is 0 Å². The first kappa shape index (κ1) is 66.4. The van der Waals surface area contributed by atoms with Crippen LogP contribution in [0.3, 0.4) is 0 Å². The molecule has 28 heteroatoms. The lowest BCUT2D eigenvalue weighted by Gasteiger charge is -2.38. The van der Waals surface area contributed by atoms with Gasteiger partial charge in [0.05, 0.1) is 5.57 Å². The third kappa shape index (κ3) is 28.9. The van der Waals surface area contributed by atoms with Crippen LogP contribution >= 0.6 is 0 Å². The third-order valence-electron chi connectivity index (χ3n) is 5.90. The number of rotatable bonds is 3. The van der Waals surface area contributed by atoms with Crippen molar-refractivity contribution in [2.45, 2.75) is 124 Å². The molecule has 58 heavy (non-hydrogen) atoms. The fourth-order valence-corrected chi connectivity index (χ4v) is 2.77. The summed E-state index contributed by atoms with van der Waals surface area (Å²) in [5, 5.41) is 15.6. The molecule has 0 fully saturated rings. The number of ketones is 2. The molecule has 0 bridgehead atoms. The van der Waals surface area contributed by atoms with Crippen LogP contribution in [0, 0.1) is 5.92 Å². The third-order valence-corrected chi connectivity index (χ3v) is 5.90. The lowest BCUT2D eigenvalue weighted by molar-refractivity contribution is -0.379. The molecule has 1 atom stereocenters. The molecule has 348 valence electrons. The maximum absolute atomic E-state index is 12.5. The van der Waals surface area contributed by atoms with Crippen molar-refractivity contribution in [2.75, 3.05) is 0 Å². The Labute approximate surface area is 313 Å². The van der Waals surface area contributed by atoms with Crippen molar-refractivity contribution in [3.63, 3.8) is 0 Å². The summed E-state index contributed by atoms with van der Waals surface area (Å²) in [7, 11) is 0. The van der Waals surface area contributed by atoms with Gasteiger partial charge in [-0.1, -0.05) is 41.9 Å². The molecular formula is C30H36F24O4. The summed E-state index contributed by atoms with van der Waals surface area (Å²) in [5.41, 5.74) is -4.47. The molecule has 0 saturated heterocycles. The quantitative estimate of drug-likeness (QED) is 0.168. The predicted molar refractivity (Wildman–Crippen MR) is 157 cm³/mol. The van der Waals surface area contributed by atoms with Gasteiger partial charge in [0.15, 0.2) is 0 Å². The zero-order valence-electron chi connectivity index (χ0n) is 31.1. The minimum absolute atomic E-state index is 0.137. The average molecular weight is 917 g/mol. The SMILES string of the molecule is C/C=C(\C)C(=C(C)C)C(F)(F)F.C/C=C\C.CC(C)=C(C)C(C)C(O)(C(F)(F)F)C(F)(F)F.O=C(C(F)(F)F)C(F)(F)F.O=C(C(F)(F)F)C(F)(F)F.OC(F)(F)F. The number of alkyl halides is 24. The van der Waals surface area contributed by atoms with Gasteiger partial charge < -0.3 is 10.2 Å². The second kappa shape index (κ2) is 24.6. The number of carbonyl (C=O) groups excluding carboxylic acids is 2. The standard InChI is InChI=1S/C10H14F6O.C9H13F3.C4H8.2C3F6O.CHF3O/c1-5(2)6(3)7(4)8(17,9(11,12)13)10(14,15)16;1-5-7(4)8(6(2)3)9(10,11)12;1-3-4-2;2*4-2(5,6)1(10)3(7,8)9;2-1(3,4)5/h7,17H,1-4H3;5H,1-4H3;3-4H,1-2H3;;;5H/b;7-5+;4-3-;;;. The highest BCUT2D eigenvalue weighted by Gasteiger charge is 2.73. The van der Waals surface area contributed by atoms with E-state index in [0.717, 1.165) is 6.92 Å². The first-order valence-electron chi connectivity index (χ1n) is 14.4. The second-order valence-corrected chi connectivity index (χ2v) is 10.8. The second-order valence-electron chi connectivity index (χ2n) is 10.8. The minimum atomic E-state index is -5.82. The van der Waals surface area contributed by atoms with Crippen molar-refractivity contribution in [3.05, 3.63) is 46.1 Å². The molecule has 0 amide bonds. The Morgan fingerprint density at radius 1 is 0.448 bits per heavy atom. The van der Waals surface area contributed by atoms with Crippen LogP contribution in [-0.4, -0.2) is 77.0 Å². The minimum Gasteiger partial charge on any atom is -0.373 e. The van der Waals surface area contributed by atoms with Crippen LogP contribution in [0.25, 0.3) is 0 Å². The molecule has 1 unspecified atom stereocenters. The van der Waals surface area contributed by atoms with Crippen molar-refractivity contribution < 1.29 is 125 Å². The van der Waals surface area contributed by atoms with Crippen LogP contribution in [0.5, 0.6) is 0 Å². The summed E-state index contributed by atoms with van der Waals surface area (Å²) < 4.78 is 272. The van der Waals surface area contributed by atoms with E-state index in [-0.39, 0.29) is 11.1 Å². The van der Waals surface area contributed by atoms with E-state index in [4.69, 9.17) is 10.2 Å². The van der Waals surface area contributed by atoms with Gasteiger partial charge in [0, 0.05) is 5.92 Å². The maximum atomic E-state index is 12.5. The number of Topliss-reactive ketones (excluding diaryl/α,β-unsaturated/α-hetero) is 2. The summed E-state index contributed by atoms with van der Waals surface area (Å²) in [6.45, 7) is 14.6. The Bertz CT molecular complexity index is 1260. The molecule has 0 spiro atoms. The molecule has 0 aliphatic rings. The van der Waals surface area contributed by atoms with E-state index in [9.17, 15) is 115 Å². The van der Waals surface area contributed by atoms with Crippen molar-refractivity contribution in [2.24, 2.45) is 5.92 Å². The molecule has 0 aromatic heterocycles. The van der Waals surface area contributed by atoms with Crippen LogP contribution < -0.4 is 0 Å². The maximum Gasteiger partial charge on any atom is 0.519 e. The highest BCUT2D eigenvalue weighted by atomic mass is 19.4. The number of allylic oxidation sites excluding steroid dienone is 7. The van der Waals surface area contributed by atoms with Gasteiger partial charge in [-0.25, -0.2) is 0 Å². The summed E-state index contributed by atoms with van der Waals surface area (Å²) in [6.07, 6.45) is -38.6. The Morgan fingerprint density at radius 3 is 0.741 bits per heavy atom. The molecule has 4 nitrogen and oxygen atoms in total. The molecule has 0 aromatic rings. The van der Waals surface area contributed by atoms with E-state index in [2.05, 4.69) is 0 Å². The summed E-state index contributed by atoms with van der Waals surface area (Å²) in [6, 6.07) is 0. The monoisotopic (exact) mass is 916 g/mol. The Hall–Kier alpha value is -3.46. The number of carbonyl (C=O) groups is 2. The van der Waals surface area contributed by atoms with Crippen molar-refractivity contribution in [3.8, 4) is 0 Å². The fraction of sp³-hybridized carbons (Fsp3) is 0.667. The zero-order chi connectivity index (χ0) is 49.2. The Kier molecular flexibility index (Phi) is 28.1. The van der Waals surface area contributed by atoms with E-state index in [1.807, 2.05) is 26.0 Å². The number of hydrogen-bond acceptors (Lipinski definition) is 4. The normalized spacial score (nSPS) is 13.6. The lowest BCUT2D eigenvalue weighted by atomic mass is 9.81. The van der Waals surface area contributed by atoms with E-state index >= 15 is 0 Å². The summed E-state index contributed by atoms with van der Waals surface area (Å²) >= 11 is 0. The van der Waals surface area contributed by atoms with Gasteiger partial charge in [-0.2, -0.15) is 92.2 Å². The average Bonchev–Trinajstić information content (AvgIpc) is 2.95. The fourth-order valence-electron chi connectivity index (χ4n) is 2.77. The molecule has 0 radical (unpaired) electrons. The van der Waals surface area contributed by atoms with Crippen LogP contribution in [-0.2, 0) is 9.59 Å². The van der Waals surface area contributed by atoms with Gasteiger partial charge >= 0.3 is 61.2 Å². The van der Waals surface area contributed by atoms with Crippen LogP contribution in [0.1, 0.15) is 69.2 Å². The van der Waals surface area contributed by atoms with Gasteiger partial charge in [-0.3, -0.25) is 9.59 Å². The van der Waals surface area contributed by atoms with E-state index in [0.29, 0.717) is 18.1 Å². The van der Waals surface area contributed by atoms with Gasteiger partial charge in [-0.15, -0.1) is 13.2 Å². The Morgan fingerprint density at radius 2 is 0.672 bits per heavy atom. The number of aliphatic hydroxyl groups is 2. The van der Waals surface area contributed by atoms with Gasteiger partial charge in [0.25, 0.3) is 5.60 Å². The van der Waals surface area contributed by atoms with Crippen LogP contribution in [0.4, 0.5) is 105 Å². The molecule has 0 rings (SSSR count). The number of hydrogen-bond donors (Lipinski definition) is 2. The molecule has 0 aliphatic heterocycles. The predicted octanol–water partition coefficient (Wildman–Crippen LogP) is 13.1. The molecule has 2 N–H and O–H groups in total. The van der Waals surface area contributed by atoms with Gasteiger partial charge in [0.2, 0.25) is 0 Å². The number of halogens is 24. The molecule has 0 aliphatic carbocycles. The summed E-state index contributed by atoms with van der Waals surface area (Å²) in [5.74, 6) is -9.45. The largest absolute Gasteiger partial charge is 0.519 e. The molecule has 0 heterocycles. The zero-order valence-corrected chi connectivity index (χ0v) is 31.1. The van der Waals surface area contributed by atoms with E-state index < -0.39 is 78.3 Å². The highest BCUT2D eigenvalue weighted by molar-refractivity contribution is 5.89. The van der Waals surface area contributed by atoms with E-state index in [1.54, 1.807) is 6.92 Å². The first-order valence-corrected chi connectivity index (χ1v) is 14.4. The molecular weight excluding hydrogens is 880 g/mol. The lowest BCUT2D eigenvalue weighted by Crippen LogP contribution is -2.61. The van der Waals surface area contributed by atoms with E-state index in [1.165, 1.54) is 40.7 Å². The molecule has 0 aromatic carbocycles. The Balaban J connectivity index is -0.000000148. The smallest absolute Gasteiger partial charge is 0.373 e. The molecule has 0 saturated carbocycles. The van der Waals surface area contributed by atoms with Gasteiger partial charge in [0.1, 0.15) is 0 Å². The van der Waals surface area contributed by atoms with Crippen molar-refractivity contribution >= 4 is 11.6 Å². The van der Waals surface area contributed by atoms with Gasteiger partial charge in [-0.05, 0) is 67.9 Å².